The van der Waals surface area contributed by atoms with Gasteiger partial charge in [0, 0.05) is 23.9 Å². The maximum absolute atomic E-state index is 12.2. The van der Waals surface area contributed by atoms with E-state index >= 15 is 0 Å². The summed E-state index contributed by atoms with van der Waals surface area (Å²) in [5.74, 6) is 0.563. The molecule has 3 rings (SSSR count). The molecule has 0 aliphatic heterocycles. The van der Waals surface area contributed by atoms with E-state index in [2.05, 4.69) is 20.6 Å². The summed E-state index contributed by atoms with van der Waals surface area (Å²) in [4.78, 5) is 30.7. The molecule has 1 saturated carbocycles. The molecule has 0 radical (unpaired) electrons. The molecular formula is C18H23N5O2. The zero-order valence-corrected chi connectivity index (χ0v) is 14.3. The van der Waals surface area contributed by atoms with Crippen LogP contribution in [0.3, 0.4) is 0 Å². The lowest BCUT2D eigenvalue weighted by atomic mass is 9.98. The Labute approximate surface area is 146 Å². The first kappa shape index (κ1) is 17.2. The first-order chi connectivity index (χ1) is 12.0. The fourth-order valence-corrected chi connectivity index (χ4v) is 3.29. The number of carbonyl (C=O) groups excluding carboxylic acids is 1. The maximum Gasteiger partial charge on any atom is 0.319 e. The van der Waals surface area contributed by atoms with Crippen molar-refractivity contribution >= 4 is 11.7 Å². The third kappa shape index (κ3) is 4.06. The Hall–Kier alpha value is -2.67. The summed E-state index contributed by atoms with van der Waals surface area (Å²) in [6.45, 7) is 2.19. The lowest BCUT2D eigenvalue weighted by Crippen LogP contribution is -2.53. The van der Waals surface area contributed by atoms with Gasteiger partial charge < -0.3 is 21.4 Å². The van der Waals surface area contributed by atoms with E-state index in [1.807, 2.05) is 12.1 Å². The second-order valence-electron chi connectivity index (χ2n) is 6.56. The molecule has 1 aromatic carbocycles. The van der Waals surface area contributed by atoms with Gasteiger partial charge in [-0.3, -0.25) is 4.79 Å². The molecule has 1 aliphatic carbocycles. The van der Waals surface area contributed by atoms with Gasteiger partial charge in [0.2, 0.25) is 0 Å². The zero-order chi connectivity index (χ0) is 17.9. The first-order valence-corrected chi connectivity index (χ1v) is 8.47. The lowest BCUT2D eigenvalue weighted by Gasteiger charge is -2.28. The van der Waals surface area contributed by atoms with E-state index in [0.29, 0.717) is 23.8 Å². The minimum atomic E-state index is -0.281. The number of aryl methyl sites for hydroxylation is 1. The van der Waals surface area contributed by atoms with Crippen molar-refractivity contribution in [1.82, 2.24) is 15.3 Å². The summed E-state index contributed by atoms with van der Waals surface area (Å²) in [7, 11) is 0. The smallest absolute Gasteiger partial charge is 0.319 e. The SMILES string of the molecule is Cc1nc(-c2ccc(NC(=O)NC3(CN)CCCC3)cc2)cc(=O)[nH]1. The van der Waals surface area contributed by atoms with Crippen LogP contribution in [0.4, 0.5) is 10.5 Å². The van der Waals surface area contributed by atoms with E-state index in [1.165, 1.54) is 6.07 Å². The highest BCUT2D eigenvalue weighted by atomic mass is 16.2. The number of nitrogens with zero attached hydrogens (tertiary/aromatic N) is 1. The van der Waals surface area contributed by atoms with E-state index in [1.54, 1.807) is 19.1 Å². The summed E-state index contributed by atoms with van der Waals surface area (Å²) < 4.78 is 0. The number of aromatic amines is 1. The van der Waals surface area contributed by atoms with Crippen molar-refractivity contribution in [3.63, 3.8) is 0 Å². The van der Waals surface area contributed by atoms with Crippen molar-refractivity contribution < 1.29 is 4.79 Å². The molecule has 1 heterocycles. The molecule has 1 fully saturated rings. The average molecular weight is 341 g/mol. The number of urea groups is 1. The number of aromatic nitrogens is 2. The fourth-order valence-electron chi connectivity index (χ4n) is 3.29. The van der Waals surface area contributed by atoms with Gasteiger partial charge in [-0.2, -0.15) is 0 Å². The summed E-state index contributed by atoms with van der Waals surface area (Å²) in [6.07, 6.45) is 4.02. The van der Waals surface area contributed by atoms with E-state index in [0.717, 1.165) is 31.2 Å². The quantitative estimate of drug-likeness (QED) is 0.682. The number of anilines is 1. The number of nitrogens with one attached hydrogen (secondary N) is 3. The predicted molar refractivity (Wildman–Crippen MR) is 97.4 cm³/mol. The minimum Gasteiger partial charge on any atom is -0.331 e. The molecule has 7 nitrogen and oxygen atoms in total. The van der Waals surface area contributed by atoms with Crippen molar-refractivity contribution in [2.24, 2.45) is 5.73 Å². The highest BCUT2D eigenvalue weighted by molar-refractivity contribution is 5.90. The number of benzene rings is 1. The van der Waals surface area contributed by atoms with Gasteiger partial charge in [-0.1, -0.05) is 25.0 Å². The summed E-state index contributed by atoms with van der Waals surface area (Å²) in [5.41, 5.74) is 7.46. The summed E-state index contributed by atoms with van der Waals surface area (Å²) >= 11 is 0. The van der Waals surface area contributed by atoms with Gasteiger partial charge in [-0.05, 0) is 31.9 Å². The third-order valence-electron chi connectivity index (χ3n) is 4.63. The van der Waals surface area contributed by atoms with Crippen LogP contribution < -0.4 is 21.9 Å². The normalized spacial score (nSPS) is 15.8. The van der Waals surface area contributed by atoms with Crippen LogP contribution in [0.2, 0.25) is 0 Å². The molecule has 0 unspecified atom stereocenters. The Balaban J connectivity index is 1.68. The zero-order valence-electron chi connectivity index (χ0n) is 14.3. The van der Waals surface area contributed by atoms with Gasteiger partial charge in [0.15, 0.2) is 0 Å². The molecule has 132 valence electrons. The molecule has 7 heteroatoms. The fraction of sp³-hybridized carbons (Fsp3) is 0.389. The largest absolute Gasteiger partial charge is 0.331 e. The van der Waals surface area contributed by atoms with E-state index in [4.69, 9.17) is 5.73 Å². The number of H-pyrrole nitrogens is 1. The standard InChI is InChI=1S/C18H23N5O2/c1-12-20-15(10-16(24)21-12)13-4-6-14(7-5-13)22-17(25)23-18(11-19)8-2-3-9-18/h4-7,10H,2-3,8-9,11,19H2,1H3,(H,20,21,24)(H2,22,23,25). The van der Waals surface area contributed by atoms with E-state index in [-0.39, 0.29) is 17.1 Å². The predicted octanol–water partition coefficient (Wildman–Crippen LogP) is 2.14. The van der Waals surface area contributed by atoms with Crippen molar-refractivity contribution in [1.29, 1.82) is 0 Å². The molecule has 1 aromatic heterocycles. The Morgan fingerprint density at radius 2 is 1.96 bits per heavy atom. The van der Waals surface area contributed by atoms with Crippen LogP contribution in [-0.4, -0.2) is 28.1 Å². The number of carbonyl (C=O) groups is 1. The molecule has 2 amide bonds. The van der Waals surface area contributed by atoms with Crippen molar-refractivity contribution in [3.8, 4) is 11.3 Å². The third-order valence-corrected chi connectivity index (χ3v) is 4.63. The molecule has 2 aromatic rings. The van der Waals surface area contributed by atoms with Crippen LogP contribution in [0.25, 0.3) is 11.3 Å². The second kappa shape index (κ2) is 7.06. The van der Waals surface area contributed by atoms with Crippen LogP contribution in [0.1, 0.15) is 31.5 Å². The lowest BCUT2D eigenvalue weighted by molar-refractivity contribution is 0.237. The first-order valence-electron chi connectivity index (χ1n) is 8.47. The molecule has 1 aliphatic rings. The molecule has 0 bridgehead atoms. The number of rotatable bonds is 4. The minimum absolute atomic E-state index is 0.187. The van der Waals surface area contributed by atoms with Crippen molar-refractivity contribution in [2.75, 3.05) is 11.9 Å². The molecule has 0 spiro atoms. The monoisotopic (exact) mass is 341 g/mol. The van der Waals surface area contributed by atoms with Gasteiger partial charge >= 0.3 is 6.03 Å². The van der Waals surface area contributed by atoms with Crippen molar-refractivity contribution in [2.45, 2.75) is 38.1 Å². The Kier molecular flexibility index (Phi) is 4.85. The van der Waals surface area contributed by atoms with Gasteiger partial charge in [0.25, 0.3) is 5.56 Å². The van der Waals surface area contributed by atoms with Gasteiger partial charge in [0.05, 0.1) is 11.2 Å². The molecule has 0 atom stereocenters. The number of hydrogen-bond acceptors (Lipinski definition) is 4. The molecular weight excluding hydrogens is 318 g/mol. The Bertz CT molecular complexity index is 807. The van der Waals surface area contributed by atoms with E-state index < -0.39 is 0 Å². The number of nitrogens with two attached hydrogens (primary N) is 1. The Morgan fingerprint density at radius 3 is 2.56 bits per heavy atom. The number of amides is 2. The highest BCUT2D eigenvalue weighted by Crippen LogP contribution is 2.28. The highest BCUT2D eigenvalue weighted by Gasteiger charge is 2.33. The summed E-state index contributed by atoms with van der Waals surface area (Å²) in [6, 6.07) is 8.43. The maximum atomic E-state index is 12.2. The van der Waals surface area contributed by atoms with Gasteiger partial charge in [0.1, 0.15) is 5.82 Å². The Morgan fingerprint density at radius 1 is 1.28 bits per heavy atom. The van der Waals surface area contributed by atoms with Crippen LogP contribution >= 0.6 is 0 Å². The molecule has 5 N–H and O–H groups in total. The topological polar surface area (TPSA) is 113 Å². The van der Waals surface area contributed by atoms with Crippen LogP contribution in [-0.2, 0) is 0 Å². The van der Waals surface area contributed by atoms with Gasteiger partial charge in [-0.15, -0.1) is 0 Å². The second-order valence-corrected chi connectivity index (χ2v) is 6.56. The average Bonchev–Trinajstić information content (AvgIpc) is 3.03. The van der Waals surface area contributed by atoms with Crippen molar-refractivity contribution in [3.05, 3.63) is 46.5 Å². The van der Waals surface area contributed by atoms with Crippen LogP contribution in [0.15, 0.2) is 35.1 Å². The van der Waals surface area contributed by atoms with Crippen LogP contribution in [0.5, 0.6) is 0 Å². The van der Waals surface area contributed by atoms with Gasteiger partial charge in [-0.25, -0.2) is 9.78 Å². The molecule has 25 heavy (non-hydrogen) atoms. The van der Waals surface area contributed by atoms with E-state index in [9.17, 15) is 9.59 Å². The van der Waals surface area contributed by atoms with Crippen LogP contribution in [0, 0.1) is 6.92 Å². The molecule has 0 saturated heterocycles. The summed E-state index contributed by atoms with van der Waals surface area (Å²) in [5, 5.41) is 5.85. The number of hydrogen-bond donors (Lipinski definition) is 4.